The molecule has 0 spiro atoms. The molecule has 2 aromatic rings. The maximum atomic E-state index is 15.5. The van der Waals surface area contributed by atoms with Gasteiger partial charge >= 0.3 is 0 Å². The number of hydrogen-bond acceptors (Lipinski definition) is 1. The van der Waals surface area contributed by atoms with Gasteiger partial charge in [-0.3, -0.25) is 0 Å². The minimum absolute atomic E-state index is 0.0467. The van der Waals surface area contributed by atoms with E-state index in [0.29, 0.717) is 41.4 Å². The minimum Gasteiger partial charge on any atom is -0.450 e. The molecule has 1 heterocycles. The van der Waals surface area contributed by atoms with Crippen molar-refractivity contribution in [3.8, 4) is 11.5 Å². The van der Waals surface area contributed by atoms with Gasteiger partial charge in [-0.2, -0.15) is 4.39 Å². The van der Waals surface area contributed by atoms with Crippen LogP contribution in [-0.4, -0.2) is 0 Å². The van der Waals surface area contributed by atoms with Crippen molar-refractivity contribution in [2.24, 2.45) is 17.8 Å². The largest absolute Gasteiger partial charge is 0.450 e. The Morgan fingerprint density at radius 2 is 1.24 bits per heavy atom. The minimum atomic E-state index is -0.956. The summed E-state index contributed by atoms with van der Waals surface area (Å²) in [6.45, 7) is 4.46. The van der Waals surface area contributed by atoms with Crippen LogP contribution in [0.4, 0.5) is 13.2 Å². The smallest absolute Gasteiger partial charge is 0.201 e. The molecule has 2 saturated carbocycles. The summed E-state index contributed by atoms with van der Waals surface area (Å²) in [4.78, 5) is 0. The van der Waals surface area contributed by atoms with Crippen molar-refractivity contribution in [3.05, 3.63) is 57.9 Å². The highest BCUT2D eigenvalue weighted by molar-refractivity contribution is 5.54. The lowest BCUT2D eigenvalue weighted by Crippen LogP contribution is -2.17. The number of halogens is 3. The van der Waals surface area contributed by atoms with Crippen molar-refractivity contribution >= 4 is 0 Å². The second-order valence-corrected chi connectivity index (χ2v) is 12.1. The Balaban J connectivity index is 1.28. The normalized spacial score (nSPS) is 25.3. The Morgan fingerprint density at radius 1 is 0.676 bits per heavy atom. The second kappa shape index (κ2) is 11.8. The van der Waals surface area contributed by atoms with Gasteiger partial charge in [0.2, 0.25) is 5.82 Å². The highest BCUT2D eigenvalue weighted by Crippen LogP contribution is 2.46. The quantitative estimate of drug-likeness (QED) is 0.292. The van der Waals surface area contributed by atoms with E-state index in [1.807, 2.05) is 12.1 Å². The zero-order valence-corrected chi connectivity index (χ0v) is 22.7. The van der Waals surface area contributed by atoms with Gasteiger partial charge < -0.3 is 4.74 Å². The van der Waals surface area contributed by atoms with Crippen LogP contribution < -0.4 is 4.74 Å². The lowest BCUT2D eigenvalue weighted by molar-refractivity contribution is 0.251. The predicted molar refractivity (Wildman–Crippen MR) is 144 cm³/mol. The van der Waals surface area contributed by atoms with Gasteiger partial charge in [0.1, 0.15) is 0 Å². The SMILES string of the molecule is CCCC1CCC(CCc2ccc3c(c2F)Oc2c(cc(C4CCC(CCC)CC4)c(F)c2F)C3)CC1. The van der Waals surface area contributed by atoms with Gasteiger partial charge in [-0.05, 0) is 79.4 Å². The van der Waals surface area contributed by atoms with E-state index in [1.54, 1.807) is 6.07 Å². The molecule has 37 heavy (non-hydrogen) atoms. The number of hydrogen-bond donors (Lipinski definition) is 0. The van der Waals surface area contributed by atoms with E-state index in [-0.39, 0.29) is 17.4 Å². The lowest BCUT2D eigenvalue weighted by Gasteiger charge is -2.30. The molecule has 1 aliphatic heterocycles. The van der Waals surface area contributed by atoms with E-state index in [9.17, 15) is 0 Å². The first-order valence-electron chi connectivity index (χ1n) is 15.0. The highest BCUT2D eigenvalue weighted by Gasteiger charge is 2.32. The Bertz CT molecular complexity index is 1080. The molecule has 202 valence electrons. The fourth-order valence-electron chi connectivity index (χ4n) is 7.36. The first-order chi connectivity index (χ1) is 18.0. The van der Waals surface area contributed by atoms with Crippen molar-refractivity contribution in [2.45, 2.75) is 116 Å². The standard InChI is InChI=1S/C33H43F3O/c1-3-5-21-7-9-23(10-8-21)13-16-25-17-18-26-19-27-20-28(24-14-11-22(6-4-2)12-15-24)30(35)31(36)33(27)37-32(26)29(25)34/h17-18,20-24H,3-16,19H2,1-2H3. The summed E-state index contributed by atoms with van der Waals surface area (Å²) in [7, 11) is 0. The Hall–Kier alpha value is -1.97. The van der Waals surface area contributed by atoms with Crippen LogP contribution >= 0.6 is 0 Å². The van der Waals surface area contributed by atoms with Crippen LogP contribution in [0, 0.1) is 35.2 Å². The molecule has 0 bridgehead atoms. The van der Waals surface area contributed by atoms with Crippen LogP contribution in [0.5, 0.6) is 11.5 Å². The summed E-state index contributed by atoms with van der Waals surface area (Å²) < 4.78 is 51.8. The van der Waals surface area contributed by atoms with Gasteiger partial charge in [-0.1, -0.05) is 77.3 Å². The fraction of sp³-hybridized carbons (Fsp3) is 0.636. The maximum Gasteiger partial charge on any atom is 0.201 e. The number of rotatable bonds is 8. The molecule has 3 aliphatic rings. The van der Waals surface area contributed by atoms with Gasteiger partial charge in [-0.25, -0.2) is 8.78 Å². The highest BCUT2D eigenvalue weighted by atomic mass is 19.2. The van der Waals surface area contributed by atoms with E-state index in [1.165, 1.54) is 51.4 Å². The van der Waals surface area contributed by atoms with Crippen LogP contribution in [-0.2, 0) is 12.8 Å². The Kier molecular flexibility index (Phi) is 8.51. The average molecular weight is 513 g/mol. The summed E-state index contributed by atoms with van der Waals surface area (Å²) in [6, 6.07) is 5.59. The molecule has 4 heteroatoms. The predicted octanol–water partition coefficient (Wildman–Crippen LogP) is 10.4. The third-order valence-corrected chi connectivity index (χ3v) is 9.58. The molecule has 0 N–H and O–H groups in total. The zero-order valence-electron chi connectivity index (χ0n) is 22.7. The van der Waals surface area contributed by atoms with Gasteiger partial charge in [0.25, 0.3) is 0 Å². The molecular weight excluding hydrogens is 469 g/mol. The van der Waals surface area contributed by atoms with Crippen molar-refractivity contribution in [1.29, 1.82) is 0 Å². The second-order valence-electron chi connectivity index (χ2n) is 12.1. The van der Waals surface area contributed by atoms with E-state index in [4.69, 9.17) is 4.74 Å². The van der Waals surface area contributed by atoms with Crippen LogP contribution in [0.2, 0.25) is 0 Å². The van der Waals surface area contributed by atoms with E-state index in [2.05, 4.69) is 13.8 Å². The molecule has 0 saturated heterocycles. The summed E-state index contributed by atoms with van der Waals surface area (Å²) >= 11 is 0. The summed E-state index contributed by atoms with van der Waals surface area (Å²) in [6.07, 6.45) is 16.0. The molecule has 1 nitrogen and oxygen atoms in total. The number of aryl methyl sites for hydroxylation is 1. The van der Waals surface area contributed by atoms with Crippen LogP contribution in [0.25, 0.3) is 0 Å². The molecule has 2 aromatic carbocycles. The number of ether oxygens (including phenoxy) is 1. The maximum absolute atomic E-state index is 15.5. The Labute approximate surface area is 221 Å². The first-order valence-corrected chi connectivity index (χ1v) is 15.0. The van der Waals surface area contributed by atoms with Crippen molar-refractivity contribution < 1.29 is 17.9 Å². The van der Waals surface area contributed by atoms with Crippen molar-refractivity contribution in [1.82, 2.24) is 0 Å². The first kappa shape index (κ1) is 26.6. The van der Waals surface area contributed by atoms with Crippen LogP contribution in [0.3, 0.4) is 0 Å². The van der Waals surface area contributed by atoms with Crippen molar-refractivity contribution in [3.63, 3.8) is 0 Å². The lowest BCUT2D eigenvalue weighted by atomic mass is 9.76. The monoisotopic (exact) mass is 512 g/mol. The molecule has 0 amide bonds. The molecule has 0 radical (unpaired) electrons. The number of fused-ring (bicyclic) bond motifs is 2. The molecule has 0 atom stereocenters. The third kappa shape index (κ3) is 5.73. The Morgan fingerprint density at radius 3 is 1.86 bits per heavy atom. The molecule has 0 aromatic heterocycles. The summed E-state index contributed by atoms with van der Waals surface area (Å²) in [5.41, 5.74) is 2.45. The summed E-state index contributed by atoms with van der Waals surface area (Å²) in [5.74, 6) is 0.0521. The molecule has 5 rings (SSSR count). The van der Waals surface area contributed by atoms with Crippen molar-refractivity contribution in [2.75, 3.05) is 0 Å². The molecule has 2 fully saturated rings. The fourth-order valence-corrected chi connectivity index (χ4v) is 7.36. The summed E-state index contributed by atoms with van der Waals surface area (Å²) in [5, 5.41) is 0. The van der Waals surface area contributed by atoms with Gasteiger partial charge in [0.15, 0.2) is 23.1 Å². The van der Waals surface area contributed by atoms with Gasteiger partial charge in [0.05, 0.1) is 0 Å². The van der Waals surface area contributed by atoms with E-state index in [0.717, 1.165) is 43.6 Å². The van der Waals surface area contributed by atoms with Gasteiger partial charge in [-0.15, -0.1) is 0 Å². The number of benzene rings is 2. The third-order valence-electron chi connectivity index (χ3n) is 9.58. The van der Waals surface area contributed by atoms with Crippen LogP contribution in [0.1, 0.15) is 125 Å². The molecular formula is C33H43F3O. The van der Waals surface area contributed by atoms with E-state index < -0.39 is 17.5 Å². The average Bonchev–Trinajstić information content (AvgIpc) is 2.91. The zero-order chi connectivity index (χ0) is 25.9. The molecule has 2 aliphatic carbocycles. The van der Waals surface area contributed by atoms with Crippen LogP contribution in [0.15, 0.2) is 18.2 Å². The molecule has 0 unspecified atom stereocenters. The topological polar surface area (TPSA) is 9.23 Å². The van der Waals surface area contributed by atoms with E-state index >= 15 is 13.2 Å². The van der Waals surface area contributed by atoms with Gasteiger partial charge in [0, 0.05) is 17.5 Å².